The lowest BCUT2D eigenvalue weighted by Gasteiger charge is -1.99. The van der Waals surface area contributed by atoms with Crippen molar-refractivity contribution in [3.63, 3.8) is 0 Å². The fourth-order valence-corrected chi connectivity index (χ4v) is 1.10. The molecule has 0 aliphatic rings. The zero-order valence-corrected chi connectivity index (χ0v) is 7.98. The van der Waals surface area contributed by atoms with Crippen LogP contribution in [0.5, 0.6) is 0 Å². The number of hydrogen-bond acceptors (Lipinski definition) is 3. The molecule has 1 N–H and O–H groups in total. The van der Waals surface area contributed by atoms with E-state index < -0.39 is 11.8 Å². The summed E-state index contributed by atoms with van der Waals surface area (Å²) < 4.78 is 13.3. The molecule has 0 amide bonds. The van der Waals surface area contributed by atoms with Crippen LogP contribution in [0.15, 0.2) is 18.2 Å². The number of aldehydes is 1. The maximum Gasteiger partial charge on any atom is 0.328 e. The van der Waals surface area contributed by atoms with Gasteiger partial charge in [0.05, 0.1) is 11.1 Å². The van der Waals surface area contributed by atoms with Gasteiger partial charge in [-0.2, -0.15) is 5.26 Å². The molecule has 0 radical (unpaired) electrons. The van der Waals surface area contributed by atoms with Gasteiger partial charge in [-0.15, -0.1) is 0 Å². The highest BCUT2D eigenvalue weighted by Gasteiger charge is 2.08. The highest BCUT2D eigenvalue weighted by molar-refractivity contribution is 5.86. The molecule has 0 heterocycles. The minimum atomic E-state index is -1.17. The van der Waals surface area contributed by atoms with E-state index in [1.165, 1.54) is 18.2 Å². The second-order valence-corrected chi connectivity index (χ2v) is 2.87. The molecule has 0 saturated carbocycles. The Labute approximate surface area is 90.2 Å². The Bertz CT molecular complexity index is 515. The van der Waals surface area contributed by atoms with Crippen molar-refractivity contribution in [2.75, 3.05) is 0 Å². The summed E-state index contributed by atoms with van der Waals surface area (Å²) in [5.74, 6) is -2.07. The largest absolute Gasteiger partial charge is 0.478 e. The Morgan fingerprint density at radius 2 is 2.19 bits per heavy atom. The van der Waals surface area contributed by atoms with E-state index in [9.17, 15) is 14.0 Å². The monoisotopic (exact) mass is 219 g/mol. The first-order valence-electron chi connectivity index (χ1n) is 4.18. The van der Waals surface area contributed by atoms with Crippen molar-refractivity contribution in [2.45, 2.75) is 0 Å². The number of carboxylic acid groups (broad SMARTS) is 1. The lowest BCUT2D eigenvalue weighted by Crippen LogP contribution is -1.94. The topological polar surface area (TPSA) is 78.2 Å². The second kappa shape index (κ2) is 4.84. The lowest BCUT2D eigenvalue weighted by molar-refractivity contribution is -0.131. The Morgan fingerprint density at radius 1 is 1.50 bits per heavy atom. The molecule has 0 bridgehead atoms. The molecular formula is C11H6FNO3. The van der Waals surface area contributed by atoms with Crippen molar-refractivity contribution >= 4 is 18.3 Å². The van der Waals surface area contributed by atoms with Crippen molar-refractivity contribution < 1.29 is 19.1 Å². The Hall–Kier alpha value is -2.48. The predicted octanol–water partition coefficient (Wildman–Crippen LogP) is 1.61. The standard InChI is InChI=1S/C11H6FNO3/c12-11-8(5-13)3-7(1-2-10(15)16)4-9(11)6-14/h1-4,6H,(H,15,16)/b2-1+. The van der Waals surface area contributed by atoms with E-state index in [0.29, 0.717) is 0 Å². The molecule has 5 heteroatoms. The number of hydrogen-bond donors (Lipinski definition) is 1. The van der Waals surface area contributed by atoms with Gasteiger partial charge >= 0.3 is 5.97 Å². The van der Waals surface area contributed by atoms with Crippen LogP contribution in [-0.2, 0) is 4.79 Å². The minimum absolute atomic E-state index is 0.272. The van der Waals surface area contributed by atoms with E-state index in [0.717, 1.165) is 6.08 Å². The van der Waals surface area contributed by atoms with E-state index >= 15 is 0 Å². The molecule has 80 valence electrons. The molecule has 1 aromatic rings. The molecule has 0 fully saturated rings. The molecule has 0 aliphatic heterocycles. The third kappa shape index (κ3) is 2.51. The Balaban J connectivity index is 3.28. The van der Waals surface area contributed by atoms with Crippen LogP contribution in [0, 0.1) is 17.1 Å². The summed E-state index contributed by atoms with van der Waals surface area (Å²) in [7, 11) is 0. The van der Waals surface area contributed by atoms with Gasteiger partial charge in [-0.25, -0.2) is 9.18 Å². The predicted molar refractivity (Wildman–Crippen MR) is 53.2 cm³/mol. The fourth-order valence-electron chi connectivity index (χ4n) is 1.10. The summed E-state index contributed by atoms with van der Waals surface area (Å²) in [4.78, 5) is 20.7. The minimum Gasteiger partial charge on any atom is -0.478 e. The van der Waals surface area contributed by atoms with Crippen LogP contribution in [0.25, 0.3) is 6.08 Å². The number of aliphatic carboxylic acids is 1. The molecule has 0 spiro atoms. The summed E-state index contributed by atoms with van der Waals surface area (Å²) >= 11 is 0. The Kier molecular flexibility index (Phi) is 3.51. The first-order chi connectivity index (χ1) is 7.58. The van der Waals surface area contributed by atoms with Gasteiger partial charge in [0.2, 0.25) is 0 Å². The number of nitrogens with zero attached hydrogens (tertiary/aromatic N) is 1. The molecular weight excluding hydrogens is 213 g/mol. The lowest BCUT2D eigenvalue weighted by atomic mass is 10.1. The molecule has 4 nitrogen and oxygen atoms in total. The summed E-state index contributed by atoms with van der Waals surface area (Å²) in [5, 5.41) is 17.0. The fraction of sp³-hybridized carbons (Fsp3) is 0. The third-order valence-electron chi connectivity index (χ3n) is 1.79. The van der Waals surface area contributed by atoms with E-state index in [-0.39, 0.29) is 23.0 Å². The SMILES string of the molecule is N#Cc1cc(/C=C/C(=O)O)cc(C=O)c1F. The molecule has 0 saturated heterocycles. The number of carbonyl (C=O) groups is 2. The van der Waals surface area contributed by atoms with Crippen LogP contribution in [0.3, 0.4) is 0 Å². The van der Waals surface area contributed by atoms with Gasteiger partial charge in [0, 0.05) is 6.08 Å². The maximum atomic E-state index is 13.3. The number of carbonyl (C=O) groups excluding carboxylic acids is 1. The molecule has 0 unspecified atom stereocenters. The summed E-state index contributed by atoms with van der Waals surface area (Å²) in [6, 6.07) is 3.92. The number of benzene rings is 1. The quantitative estimate of drug-likeness (QED) is 0.618. The van der Waals surface area contributed by atoms with Crippen LogP contribution in [0.4, 0.5) is 4.39 Å². The van der Waals surface area contributed by atoms with Crippen LogP contribution < -0.4 is 0 Å². The maximum absolute atomic E-state index is 13.3. The van der Waals surface area contributed by atoms with Crippen molar-refractivity contribution in [1.82, 2.24) is 0 Å². The number of carboxylic acids is 1. The molecule has 0 atom stereocenters. The summed E-state index contributed by atoms with van der Waals surface area (Å²) in [5.41, 5.74) is -0.291. The van der Waals surface area contributed by atoms with Gasteiger partial charge in [-0.1, -0.05) is 0 Å². The van der Waals surface area contributed by atoms with Crippen LogP contribution in [0.1, 0.15) is 21.5 Å². The van der Waals surface area contributed by atoms with Gasteiger partial charge in [0.15, 0.2) is 12.1 Å². The van der Waals surface area contributed by atoms with Crippen molar-refractivity contribution in [1.29, 1.82) is 5.26 Å². The zero-order chi connectivity index (χ0) is 12.1. The highest BCUT2D eigenvalue weighted by Crippen LogP contribution is 2.15. The summed E-state index contributed by atoms with van der Waals surface area (Å²) in [6.07, 6.45) is 2.28. The van der Waals surface area contributed by atoms with E-state index in [1.807, 2.05) is 0 Å². The van der Waals surface area contributed by atoms with Crippen LogP contribution >= 0.6 is 0 Å². The van der Waals surface area contributed by atoms with E-state index in [1.54, 1.807) is 6.07 Å². The molecule has 0 aromatic heterocycles. The third-order valence-corrected chi connectivity index (χ3v) is 1.79. The zero-order valence-electron chi connectivity index (χ0n) is 7.98. The number of rotatable bonds is 3. The van der Waals surface area contributed by atoms with Crippen molar-refractivity contribution in [2.24, 2.45) is 0 Å². The second-order valence-electron chi connectivity index (χ2n) is 2.87. The first kappa shape index (κ1) is 11.6. The smallest absolute Gasteiger partial charge is 0.328 e. The van der Waals surface area contributed by atoms with Gasteiger partial charge < -0.3 is 5.11 Å². The van der Waals surface area contributed by atoms with Crippen molar-refractivity contribution in [3.8, 4) is 6.07 Å². The van der Waals surface area contributed by atoms with Crippen LogP contribution in [-0.4, -0.2) is 17.4 Å². The van der Waals surface area contributed by atoms with Crippen molar-refractivity contribution in [3.05, 3.63) is 40.7 Å². The molecule has 16 heavy (non-hydrogen) atoms. The van der Waals surface area contributed by atoms with Crippen LogP contribution in [0.2, 0.25) is 0 Å². The average molecular weight is 219 g/mol. The highest BCUT2D eigenvalue weighted by atomic mass is 19.1. The van der Waals surface area contributed by atoms with E-state index in [2.05, 4.69) is 0 Å². The van der Waals surface area contributed by atoms with Gasteiger partial charge in [0.25, 0.3) is 0 Å². The first-order valence-corrected chi connectivity index (χ1v) is 4.18. The normalized spacial score (nSPS) is 10.0. The molecule has 1 rings (SSSR count). The number of halogens is 1. The van der Waals surface area contributed by atoms with E-state index in [4.69, 9.17) is 10.4 Å². The molecule has 1 aromatic carbocycles. The van der Waals surface area contributed by atoms with Gasteiger partial charge in [-0.05, 0) is 23.8 Å². The average Bonchev–Trinajstić information content (AvgIpc) is 2.27. The number of nitriles is 1. The Morgan fingerprint density at radius 3 is 2.69 bits per heavy atom. The van der Waals surface area contributed by atoms with Gasteiger partial charge in [-0.3, -0.25) is 4.79 Å². The summed E-state index contributed by atoms with van der Waals surface area (Å²) in [6.45, 7) is 0. The van der Waals surface area contributed by atoms with Gasteiger partial charge in [0.1, 0.15) is 6.07 Å². The molecule has 0 aliphatic carbocycles.